The smallest absolute Gasteiger partial charge is 0.343 e. The van der Waals surface area contributed by atoms with E-state index >= 15 is 0 Å². The first-order chi connectivity index (χ1) is 16.7. The number of benzene rings is 2. The Morgan fingerprint density at radius 3 is 2.80 bits per heavy atom. The van der Waals surface area contributed by atoms with E-state index in [1.54, 1.807) is 18.0 Å². The van der Waals surface area contributed by atoms with Gasteiger partial charge in [0.05, 0.1) is 25.1 Å². The van der Waals surface area contributed by atoms with Gasteiger partial charge in [-0.3, -0.25) is 10.1 Å². The zero-order chi connectivity index (χ0) is 25.1. The molecule has 0 saturated carbocycles. The average Bonchev–Trinajstić information content (AvgIpc) is 3.23. The number of halogens is 2. The Hall–Kier alpha value is -4.36. The fourth-order valence-electron chi connectivity index (χ4n) is 3.70. The fraction of sp³-hybridized carbons (Fsp3) is 0.333. The largest absolute Gasteiger partial charge is 0.489 e. The van der Waals surface area contributed by atoms with Crippen molar-refractivity contribution in [3.05, 3.63) is 63.5 Å². The number of nitro groups is 1. The second kappa shape index (κ2) is 9.87. The minimum Gasteiger partial charge on any atom is -0.489 e. The molecule has 184 valence electrons. The standard InChI is InChI=1S/C21H20F2N6O6/c1-27-25-19(24-26-27)8-14-10-34-18-7-13(22)6-15(23)21(18)28(14)9-12-3-4-17(16(5-12)29(31)32)35-11-20(30)33-2/h3-7,14H,8-11H2,1-2H3. The number of rotatable bonds is 8. The molecule has 0 spiro atoms. The summed E-state index contributed by atoms with van der Waals surface area (Å²) in [6.07, 6.45) is 0.229. The van der Waals surface area contributed by atoms with Gasteiger partial charge in [-0.25, -0.2) is 13.6 Å². The van der Waals surface area contributed by atoms with Crippen molar-refractivity contribution in [3.8, 4) is 11.5 Å². The van der Waals surface area contributed by atoms with E-state index in [1.807, 2.05) is 0 Å². The van der Waals surface area contributed by atoms with E-state index < -0.39 is 35.2 Å². The van der Waals surface area contributed by atoms with Crippen LogP contribution in [0.3, 0.4) is 0 Å². The molecule has 35 heavy (non-hydrogen) atoms. The summed E-state index contributed by atoms with van der Waals surface area (Å²) in [6, 6.07) is 5.49. The molecule has 2 heterocycles. The Balaban J connectivity index is 1.67. The minimum atomic E-state index is -0.843. The highest BCUT2D eigenvalue weighted by Gasteiger charge is 2.33. The maximum absolute atomic E-state index is 14.9. The van der Waals surface area contributed by atoms with E-state index in [4.69, 9.17) is 9.47 Å². The maximum atomic E-state index is 14.9. The lowest BCUT2D eigenvalue weighted by Crippen LogP contribution is -2.45. The summed E-state index contributed by atoms with van der Waals surface area (Å²) in [7, 11) is 2.77. The van der Waals surface area contributed by atoms with Gasteiger partial charge in [0.25, 0.3) is 0 Å². The highest BCUT2D eigenvalue weighted by molar-refractivity contribution is 5.71. The summed E-state index contributed by atoms with van der Waals surface area (Å²) in [5.74, 6) is -2.06. The van der Waals surface area contributed by atoms with E-state index in [0.29, 0.717) is 11.4 Å². The molecule has 4 rings (SSSR count). The molecule has 1 aromatic heterocycles. The Kier molecular flexibility index (Phi) is 6.71. The summed E-state index contributed by atoms with van der Waals surface area (Å²) in [5, 5.41) is 23.5. The van der Waals surface area contributed by atoms with Crippen LogP contribution in [0.2, 0.25) is 0 Å². The summed E-state index contributed by atoms with van der Waals surface area (Å²) >= 11 is 0. The summed E-state index contributed by atoms with van der Waals surface area (Å²) in [4.78, 5) is 25.2. The van der Waals surface area contributed by atoms with Crippen LogP contribution in [0.5, 0.6) is 11.5 Å². The number of ether oxygens (including phenoxy) is 3. The first kappa shape index (κ1) is 23.8. The third-order valence-corrected chi connectivity index (χ3v) is 5.27. The SMILES string of the molecule is COC(=O)COc1ccc(CN2c3c(F)cc(F)cc3OCC2Cc2nnn(C)n2)cc1[N+](=O)[O-]. The molecule has 1 aliphatic heterocycles. The second-order valence-electron chi connectivity index (χ2n) is 7.65. The van der Waals surface area contributed by atoms with Crippen LogP contribution in [0, 0.1) is 21.7 Å². The number of anilines is 1. The van der Waals surface area contributed by atoms with Crippen LogP contribution in [-0.4, -0.2) is 57.5 Å². The van der Waals surface area contributed by atoms with Crippen molar-refractivity contribution in [3.63, 3.8) is 0 Å². The zero-order valence-electron chi connectivity index (χ0n) is 18.7. The number of aromatic nitrogens is 4. The van der Waals surface area contributed by atoms with E-state index in [9.17, 15) is 23.7 Å². The number of carbonyl (C=O) groups is 1. The van der Waals surface area contributed by atoms with Crippen molar-refractivity contribution in [2.75, 3.05) is 25.2 Å². The third kappa shape index (κ3) is 5.26. The van der Waals surface area contributed by atoms with Crippen LogP contribution in [0.4, 0.5) is 20.2 Å². The van der Waals surface area contributed by atoms with E-state index in [0.717, 1.165) is 12.1 Å². The monoisotopic (exact) mass is 490 g/mol. The highest BCUT2D eigenvalue weighted by Crippen LogP contribution is 2.39. The molecule has 0 fully saturated rings. The van der Waals surface area contributed by atoms with Gasteiger partial charge in [0.15, 0.2) is 24.0 Å². The maximum Gasteiger partial charge on any atom is 0.343 e. The number of methoxy groups -OCH3 is 1. The molecular formula is C21H20F2N6O6. The van der Waals surface area contributed by atoms with E-state index in [1.165, 1.54) is 24.0 Å². The highest BCUT2D eigenvalue weighted by atomic mass is 19.1. The molecule has 1 unspecified atom stereocenters. The molecule has 2 aromatic carbocycles. The predicted octanol–water partition coefficient (Wildman–Crippen LogP) is 1.96. The lowest BCUT2D eigenvalue weighted by Gasteiger charge is -2.38. The molecule has 3 aromatic rings. The van der Waals surface area contributed by atoms with Gasteiger partial charge in [-0.2, -0.15) is 4.80 Å². The zero-order valence-corrected chi connectivity index (χ0v) is 18.7. The Morgan fingerprint density at radius 1 is 1.31 bits per heavy atom. The van der Waals surface area contributed by atoms with Crippen molar-refractivity contribution in [2.24, 2.45) is 7.05 Å². The van der Waals surface area contributed by atoms with Gasteiger partial charge in [-0.05, 0) is 16.8 Å². The average molecular weight is 490 g/mol. The third-order valence-electron chi connectivity index (χ3n) is 5.27. The first-order valence-corrected chi connectivity index (χ1v) is 10.3. The molecule has 1 atom stereocenters. The quantitative estimate of drug-likeness (QED) is 0.262. The van der Waals surface area contributed by atoms with Crippen LogP contribution < -0.4 is 14.4 Å². The molecular weight excluding hydrogens is 470 g/mol. The van der Waals surface area contributed by atoms with Crippen molar-refractivity contribution in [2.45, 2.75) is 19.0 Å². The number of nitro benzene ring substituents is 1. The van der Waals surface area contributed by atoms with Crippen molar-refractivity contribution >= 4 is 17.3 Å². The molecule has 0 amide bonds. The molecule has 0 aliphatic carbocycles. The number of hydrogen-bond acceptors (Lipinski definition) is 10. The normalized spacial score (nSPS) is 14.7. The van der Waals surface area contributed by atoms with E-state index in [2.05, 4.69) is 20.1 Å². The van der Waals surface area contributed by atoms with Gasteiger partial charge in [0, 0.05) is 31.2 Å². The van der Waals surface area contributed by atoms with Gasteiger partial charge < -0.3 is 19.1 Å². The van der Waals surface area contributed by atoms with E-state index in [-0.39, 0.29) is 42.4 Å². The van der Waals surface area contributed by atoms with Gasteiger partial charge in [-0.1, -0.05) is 6.07 Å². The number of carbonyl (C=O) groups excluding carboxylic acids is 1. The van der Waals surface area contributed by atoms with Gasteiger partial charge in [-0.15, -0.1) is 10.2 Å². The van der Waals surface area contributed by atoms with Crippen LogP contribution in [0.1, 0.15) is 11.4 Å². The van der Waals surface area contributed by atoms with Crippen molar-refractivity contribution in [1.29, 1.82) is 0 Å². The molecule has 0 bridgehead atoms. The van der Waals surface area contributed by atoms with Crippen LogP contribution in [-0.2, 0) is 29.5 Å². The van der Waals surface area contributed by atoms with Gasteiger partial charge in [0.2, 0.25) is 0 Å². The second-order valence-corrected chi connectivity index (χ2v) is 7.65. The molecule has 0 saturated heterocycles. The van der Waals surface area contributed by atoms with Crippen molar-refractivity contribution < 1.29 is 32.7 Å². The number of hydrogen-bond donors (Lipinski definition) is 0. The number of esters is 1. The number of aryl methyl sites for hydroxylation is 1. The molecule has 0 radical (unpaired) electrons. The van der Waals surface area contributed by atoms with Crippen LogP contribution in [0.25, 0.3) is 0 Å². The Bertz CT molecular complexity index is 1270. The van der Waals surface area contributed by atoms with Gasteiger partial charge in [0.1, 0.15) is 23.9 Å². The first-order valence-electron chi connectivity index (χ1n) is 10.3. The van der Waals surface area contributed by atoms with Crippen LogP contribution in [0.15, 0.2) is 30.3 Å². The minimum absolute atomic E-state index is 0.0124. The Labute approximate surface area is 197 Å². The molecule has 1 aliphatic rings. The summed E-state index contributed by atoms with van der Waals surface area (Å²) < 4.78 is 44.0. The van der Waals surface area contributed by atoms with Gasteiger partial charge >= 0.3 is 11.7 Å². The summed E-state index contributed by atoms with van der Waals surface area (Å²) in [5.41, 5.74) is 0.0719. The number of fused-ring (bicyclic) bond motifs is 1. The number of nitrogens with zero attached hydrogens (tertiary/aromatic N) is 6. The molecule has 0 N–H and O–H groups in total. The molecule has 12 nitrogen and oxygen atoms in total. The topological polar surface area (TPSA) is 135 Å². The lowest BCUT2D eigenvalue weighted by atomic mass is 10.1. The lowest BCUT2D eigenvalue weighted by molar-refractivity contribution is -0.385. The predicted molar refractivity (Wildman–Crippen MR) is 115 cm³/mol. The fourth-order valence-corrected chi connectivity index (χ4v) is 3.70. The van der Waals surface area contributed by atoms with Crippen LogP contribution >= 0.6 is 0 Å². The number of tetrazole rings is 1. The molecule has 14 heteroatoms. The van der Waals surface area contributed by atoms with Crippen molar-refractivity contribution in [1.82, 2.24) is 20.2 Å². The Morgan fingerprint density at radius 2 is 2.11 bits per heavy atom. The summed E-state index contributed by atoms with van der Waals surface area (Å²) in [6.45, 7) is -0.421.